The lowest BCUT2D eigenvalue weighted by molar-refractivity contribution is -0.127. The van der Waals surface area contributed by atoms with Gasteiger partial charge in [0.15, 0.2) is 0 Å². The zero-order valence-corrected chi connectivity index (χ0v) is 15.6. The van der Waals surface area contributed by atoms with Crippen LogP contribution >= 0.6 is 0 Å². The number of nitrogens with one attached hydrogen (secondary N) is 2. The number of carbonyl (C=O) groups excluding carboxylic acids is 2. The number of rotatable bonds is 7. The van der Waals surface area contributed by atoms with E-state index in [1.54, 1.807) is 0 Å². The van der Waals surface area contributed by atoms with Crippen LogP contribution in [0.5, 0.6) is 0 Å². The first-order valence-corrected chi connectivity index (χ1v) is 9.32. The summed E-state index contributed by atoms with van der Waals surface area (Å²) in [5.74, 6) is 0.268. The maximum atomic E-state index is 12.1. The van der Waals surface area contributed by atoms with Crippen LogP contribution in [0.1, 0.15) is 66.2 Å². The van der Waals surface area contributed by atoms with Gasteiger partial charge in [0.05, 0.1) is 0 Å². The van der Waals surface area contributed by atoms with E-state index in [0.29, 0.717) is 19.0 Å². The minimum Gasteiger partial charge on any atom is -0.444 e. The van der Waals surface area contributed by atoms with E-state index >= 15 is 0 Å². The van der Waals surface area contributed by atoms with Gasteiger partial charge in [0.25, 0.3) is 0 Å². The zero-order chi connectivity index (χ0) is 17.7. The van der Waals surface area contributed by atoms with Crippen molar-refractivity contribution in [3.05, 3.63) is 0 Å². The van der Waals surface area contributed by atoms with E-state index in [1.807, 2.05) is 25.7 Å². The third-order valence-electron chi connectivity index (χ3n) is 4.73. The molecule has 2 saturated heterocycles. The second kappa shape index (κ2) is 8.19. The summed E-state index contributed by atoms with van der Waals surface area (Å²) in [4.78, 5) is 26.0. The molecule has 6 heteroatoms. The molecule has 2 N–H and O–H groups in total. The summed E-state index contributed by atoms with van der Waals surface area (Å²) in [7, 11) is 0. The van der Waals surface area contributed by atoms with Gasteiger partial charge in [-0.25, -0.2) is 4.79 Å². The highest BCUT2D eigenvalue weighted by molar-refractivity contribution is 5.80. The summed E-state index contributed by atoms with van der Waals surface area (Å²) >= 11 is 0. The molecule has 2 aliphatic rings. The van der Waals surface area contributed by atoms with Crippen LogP contribution in [0.2, 0.25) is 0 Å². The SMILES string of the molecule is CCCCC(CNC(=O)OC(C)(C)C)NC1CC(=O)N2CCCC12. The Balaban J connectivity index is 1.86. The predicted octanol–water partition coefficient (Wildman–Crippen LogP) is 2.42. The first kappa shape index (κ1) is 19.0. The Morgan fingerprint density at radius 3 is 2.83 bits per heavy atom. The summed E-state index contributed by atoms with van der Waals surface area (Å²) in [6.45, 7) is 9.18. The van der Waals surface area contributed by atoms with Crippen LogP contribution in [0.15, 0.2) is 0 Å². The van der Waals surface area contributed by atoms with Crippen molar-refractivity contribution in [2.75, 3.05) is 13.1 Å². The van der Waals surface area contributed by atoms with Gasteiger partial charge in [-0.1, -0.05) is 19.8 Å². The summed E-state index contributed by atoms with van der Waals surface area (Å²) in [5.41, 5.74) is -0.487. The molecule has 0 spiro atoms. The van der Waals surface area contributed by atoms with Crippen LogP contribution in [-0.4, -0.2) is 53.7 Å². The molecular weight excluding hydrogens is 306 g/mol. The molecule has 3 atom stereocenters. The summed E-state index contributed by atoms with van der Waals surface area (Å²) < 4.78 is 5.31. The van der Waals surface area contributed by atoms with Crippen molar-refractivity contribution >= 4 is 12.0 Å². The van der Waals surface area contributed by atoms with Crippen molar-refractivity contribution in [3.63, 3.8) is 0 Å². The minimum absolute atomic E-state index is 0.177. The molecule has 0 aromatic rings. The standard InChI is InChI=1S/C18H33N3O3/c1-5-6-8-13(12-19-17(23)24-18(2,3)4)20-14-11-16(22)21-10-7-9-15(14)21/h13-15,20H,5-12H2,1-4H3,(H,19,23). The average Bonchev–Trinajstić information content (AvgIpc) is 3.05. The van der Waals surface area contributed by atoms with Crippen LogP contribution < -0.4 is 10.6 Å². The number of nitrogens with zero attached hydrogens (tertiary/aromatic N) is 1. The molecule has 138 valence electrons. The highest BCUT2D eigenvalue weighted by Crippen LogP contribution is 2.29. The quantitative estimate of drug-likeness (QED) is 0.747. The van der Waals surface area contributed by atoms with Gasteiger partial charge in [-0.05, 0) is 40.0 Å². The minimum atomic E-state index is -0.487. The number of carbonyl (C=O) groups is 2. The monoisotopic (exact) mass is 339 g/mol. The number of alkyl carbamates (subject to hydrolysis) is 1. The van der Waals surface area contributed by atoms with E-state index in [-0.39, 0.29) is 24.1 Å². The fourth-order valence-electron chi connectivity index (χ4n) is 3.65. The van der Waals surface area contributed by atoms with Gasteiger partial charge in [-0.15, -0.1) is 0 Å². The predicted molar refractivity (Wildman–Crippen MR) is 93.8 cm³/mol. The fraction of sp³-hybridized carbons (Fsp3) is 0.889. The highest BCUT2D eigenvalue weighted by Gasteiger charge is 2.42. The van der Waals surface area contributed by atoms with E-state index in [0.717, 1.165) is 38.6 Å². The van der Waals surface area contributed by atoms with Crippen LogP contribution in [0.25, 0.3) is 0 Å². The van der Waals surface area contributed by atoms with Crippen LogP contribution in [0.4, 0.5) is 4.79 Å². The van der Waals surface area contributed by atoms with Crippen molar-refractivity contribution in [2.45, 2.75) is 89.9 Å². The molecule has 0 saturated carbocycles. The number of hydrogen-bond donors (Lipinski definition) is 2. The Hall–Kier alpha value is -1.30. The second-order valence-electron chi connectivity index (χ2n) is 8.00. The first-order chi connectivity index (χ1) is 11.3. The smallest absolute Gasteiger partial charge is 0.407 e. The zero-order valence-electron chi connectivity index (χ0n) is 15.6. The fourth-order valence-corrected chi connectivity index (χ4v) is 3.65. The molecule has 0 aliphatic carbocycles. The van der Waals surface area contributed by atoms with Crippen LogP contribution in [0, 0.1) is 0 Å². The Morgan fingerprint density at radius 1 is 1.42 bits per heavy atom. The third-order valence-corrected chi connectivity index (χ3v) is 4.73. The lowest BCUT2D eigenvalue weighted by Gasteiger charge is -2.27. The summed E-state index contributed by atoms with van der Waals surface area (Å²) in [6.07, 6.45) is 5.60. The Kier molecular flexibility index (Phi) is 6.49. The number of unbranched alkanes of at least 4 members (excludes halogenated alkanes) is 1. The van der Waals surface area contributed by atoms with Gasteiger partial charge in [0.1, 0.15) is 5.60 Å². The molecule has 2 amide bonds. The molecule has 2 aliphatic heterocycles. The van der Waals surface area contributed by atoms with Crippen LogP contribution in [0.3, 0.4) is 0 Å². The van der Waals surface area contributed by atoms with Gasteiger partial charge < -0.3 is 20.3 Å². The molecule has 0 bridgehead atoms. The van der Waals surface area contributed by atoms with E-state index in [9.17, 15) is 9.59 Å². The third kappa shape index (κ3) is 5.36. The van der Waals surface area contributed by atoms with Crippen molar-refractivity contribution < 1.29 is 14.3 Å². The summed E-state index contributed by atoms with van der Waals surface area (Å²) in [6, 6.07) is 0.723. The Labute approximate surface area is 145 Å². The summed E-state index contributed by atoms with van der Waals surface area (Å²) in [5, 5.41) is 6.51. The molecular formula is C18H33N3O3. The molecule has 2 heterocycles. The van der Waals surface area contributed by atoms with Crippen molar-refractivity contribution in [2.24, 2.45) is 0 Å². The molecule has 0 aromatic carbocycles. The molecule has 2 fully saturated rings. The molecule has 2 rings (SSSR count). The molecule has 3 unspecified atom stereocenters. The number of amides is 2. The van der Waals surface area contributed by atoms with Gasteiger partial charge in [-0.2, -0.15) is 0 Å². The van der Waals surface area contributed by atoms with Gasteiger partial charge in [0, 0.05) is 37.6 Å². The average molecular weight is 339 g/mol. The largest absolute Gasteiger partial charge is 0.444 e. The normalized spacial score (nSPS) is 24.8. The van der Waals surface area contributed by atoms with E-state index in [2.05, 4.69) is 17.6 Å². The highest BCUT2D eigenvalue weighted by atomic mass is 16.6. The van der Waals surface area contributed by atoms with Gasteiger partial charge in [0.2, 0.25) is 5.91 Å². The van der Waals surface area contributed by atoms with Crippen molar-refractivity contribution in [1.82, 2.24) is 15.5 Å². The van der Waals surface area contributed by atoms with E-state index in [4.69, 9.17) is 4.74 Å². The van der Waals surface area contributed by atoms with Gasteiger partial charge >= 0.3 is 6.09 Å². The topological polar surface area (TPSA) is 70.7 Å². The first-order valence-electron chi connectivity index (χ1n) is 9.32. The molecule has 0 aromatic heterocycles. The maximum absolute atomic E-state index is 12.1. The van der Waals surface area contributed by atoms with E-state index in [1.165, 1.54) is 0 Å². The Morgan fingerprint density at radius 2 is 2.17 bits per heavy atom. The van der Waals surface area contributed by atoms with Crippen LogP contribution in [-0.2, 0) is 9.53 Å². The van der Waals surface area contributed by atoms with Crippen molar-refractivity contribution in [1.29, 1.82) is 0 Å². The second-order valence-corrected chi connectivity index (χ2v) is 8.00. The molecule has 24 heavy (non-hydrogen) atoms. The lowest BCUT2D eigenvalue weighted by atomic mass is 10.0. The number of hydrogen-bond acceptors (Lipinski definition) is 4. The Bertz CT molecular complexity index is 447. The number of fused-ring (bicyclic) bond motifs is 1. The number of ether oxygens (including phenoxy) is 1. The lowest BCUT2D eigenvalue weighted by Crippen LogP contribution is -2.49. The molecule has 0 radical (unpaired) electrons. The van der Waals surface area contributed by atoms with Gasteiger partial charge in [-0.3, -0.25) is 4.79 Å². The van der Waals surface area contributed by atoms with Crippen molar-refractivity contribution in [3.8, 4) is 0 Å². The maximum Gasteiger partial charge on any atom is 0.407 e. The molecule has 6 nitrogen and oxygen atoms in total. The van der Waals surface area contributed by atoms with E-state index < -0.39 is 5.60 Å².